The summed E-state index contributed by atoms with van der Waals surface area (Å²) >= 11 is 1.69. The number of aromatic nitrogens is 1. The zero-order valence-corrected chi connectivity index (χ0v) is 11.5. The fraction of sp³-hybridized carbons (Fsp3) is 0.538. The van der Waals surface area contributed by atoms with Crippen LogP contribution in [0.25, 0.3) is 0 Å². The van der Waals surface area contributed by atoms with Crippen molar-refractivity contribution in [2.24, 2.45) is 5.41 Å². The van der Waals surface area contributed by atoms with Crippen LogP contribution < -0.4 is 4.74 Å². The minimum atomic E-state index is -0.115. The van der Waals surface area contributed by atoms with Crippen molar-refractivity contribution >= 4 is 17.7 Å². The number of hydrogen-bond donors (Lipinski definition) is 0. The average molecular weight is 267 g/mol. The molecule has 5 heteroatoms. The van der Waals surface area contributed by atoms with Crippen LogP contribution in [-0.4, -0.2) is 30.9 Å². The molecule has 0 saturated heterocycles. The van der Waals surface area contributed by atoms with Gasteiger partial charge in [-0.3, -0.25) is 4.79 Å². The van der Waals surface area contributed by atoms with Crippen molar-refractivity contribution in [3.05, 3.63) is 18.3 Å². The molecule has 0 aromatic carbocycles. The molecule has 0 atom stereocenters. The van der Waals surface area contributed by atoms with Gasteiger partial charge in [0, 0.05) is 5.75 Å². The van der Waals surface area contributed by atoms with Crippen LogP contribution in [0.3, 0.4) is 0 Å². The highest BCUT2D eigenvalue weighted by molar-refractivity contribution is 7.99. The van der Waals surface area contributed by atoms with Crippen LogP contribution in [0.5, 0.6) is 5.75 Å². The predicted octanol–water partition coefficient (Wildman–Crippen LogP) is 2.53. The molecular formula is C13H17NO3S. The molecule has 0 bridgehead atoms. The summed E-state index contributed by atoms with van der Waals surface area (Å²) in [5, 5.41) is 0.965. The van der Waals surface area contributed by atoms with Gasteiger partial charge in [-0.25, -0.2) is 4.98 Å². The van der Waals surface area contributed by atoms with E-state index >= 15 is 0 Å². The van der Waals surface area contributed by atoms with Gasteiger partial charge in [0.05, 0.1) is 31.9 Å². The third-order valence-corrected chi connectivity index (χ3v) is 4.47. The van der Waals surface area contributed by atoms with Crippen LogP contribution in [0.15, 0.2) is 23.4 Å². The van der Waals surface area contributed by atoms with Crippen LogP contribution in [0.2, 0.25) is 0 Å². The monoisotopic (exact) mass is 267 g/mol. The highest BCUT2D eigenvalue weighted by atomic mass is 32.2. The summed E-state index contributed by atoms with van der Waals surface area (Å²) in [7, 11) is 3.07. The molecule has 0 spiro atoms. The number of rotatable bonds is 6. The Morgan fingerprint density at radius 3 is 2.72 bits per heavy atom. The number of nitrogens with zero attached hydrogens (tertiary/aromatic N) is 1. The van der Waals surface area contributed by atoms with Crippen molar-refractivity contribution in [3.8, 4) is 5.75 Å². The highest BCUT2D eigenvalue weighted by Gasteiger charge is 2.44. The third kappa shape index (κ3) is 3.38. The lowest BCUT2D eigenvalue weighted by Crippen LogP contribution is -2.13. The van der Waals surface area contributed by atoms with Gasteiger partial charge in [-0.05, 0) is 30.4 Å². The van der Waals surface area contributed by atoms with Gasteiger partial charge in [0.15, 0.2) is 0 Å². The molecule has 1 aliphatic rings. The molecule has 0 aliphatic heterocycles. The van der Waals surface area contributed by atoms with E-state index in [-0.39, 0.29) is 11.4 Å². The Hall–Kier alpha value is -1.23. The summed E-state index contributed by atoms with van der Waals surface area (Å²) in [6.45, 7) is 0. The summed E-state index contributed by atoms with van der Waals surface area (Å²) in [4.78, 5) is 15.6. The molecule has 0 N–H and O–H groups in total. The lowest BCUT2D eigenvalue weighted by atomic mass is 10.1. The zero-order chi connectivity index (χ0) is 13.0. The first-order chi connectivity index (χ1) is 8.67. The molecule has 98 valence electrons. The molecule has 0 amide bonds. The molecule has 1 aliphatic carbocycles. The van der Waals surface area contributed by atoms with Crippen LogP contribution in [0.4, 0.5) is 0 Å². The molecule has 1 aromatic rings. The van der Waals surface area contributed by atoms with E-state index < -0.39 is 0 Å². The van der Waals surface area contributed by atoms with Gasteiger partial charge >= 0.3 is 5.97 Å². The van der Waals surface area contributed by atoms with E-state index in [1.54, 1.807) is 25.1 Å². The molecule has 0 radical (unpaired) electrons. The van der Waals surface area contributed by atoms with E-state index in [2.05, 4.69) is 4.98 Å². The Morgan fingerprint density at radius 2 is 2.22 bits per heavy atom. The van der Waals surface area contributed by atoms with Crippen molar-refractivity contribution in [1.82, 2.24) is 4.98 Å². The Balaban J connectivity index is 1.85. The Labute approximate surface area is 111 Å². The third-order valence-electron chi connectivity index (χ3n) is 3.18. The van der Waals surface area contributed by atoms with Crippen LogP contribution in [0.1, 0.15) is 19.3 Å². The number of methoxy groups -OCH3 is 2. The zero-order valence-electron chi connectivity index (χ0n) is 10.6. The second kappa shape index (κ2) is 5.61. The van der Waals surface area contributed by atoms with Crippen molar-refractivity contribution in [1.29, 1.82) is 0 Å². The van der Waals surface area contributed by atoms with E-state index in [0.29, 0.717) is 6.42 Å². The summed E-state index contributed by atoms with van der Waals surface area (Å²) in [5.41, 5.74) is 0.138. The van der Waals surface area contributed by atoms with E-state index in [1.807, 2.05) is 12.1 Å². The maximum absolute atomic E-state index is 11.3. The van der Waals surface area contributed by atoms with Gasteiger partial charge in [-0.1, -0.05) is 0 Å². The molecule has 0 unspecified atom stereocenters. The predicted molar refractivity (Wildman–Crippen MR) is 69.8 cm³/mol. The van der Waals surface area contributed by atoms with Gasteiger partial charge in [0.2, 0.25) is 0 Å². The van der Waals surface area contributed by atoms with Gasteiger partial charge in [0.1, 0.15) is 5.75 Å². The molecule has 1 heterocycles. The topological polar surface area (TPSA) is 48.4 Å². The van der Waals surface area contributed by atoms with E-state index in [0.717, 1.165) is 29.4 Å². The minimum absolute atomic E-state index is 0.115. The molecule has 4 nitrogen and oxygen atoms in total. The molecule has 18 heavy (non-hydrogen) atoms. The highest BCUT2D eigenvalue weighted by Crippen LogP contribution is 2.51. The number of carbonyl (C=O) groups excluding carboxylic acids is 1. The molecule has 1 saturated carbocycles. The number of thioether (sulfide) groups is 1. The Kier molecular flexibility index (Phi) is 4.11. The standard InChI is InChI=1S/C13H17NO3S/c1-16-10-3-4-11(14-8-10)18-9-13(5-6-13)7-12(15)17-2/h3-4,8H,5-7,9H2,1-2H3. The second-order valence-electron chi connectivity index (χ2n) is 4.58. The van der Waals surface area contributed by atoms with Gasteiger partial charge in [-0.2, -0.15) is 0 Å². The number of hydrogen-bond acceptors (Lipinski definition) is 5. The van der Waals surface area contributed by atoms with Crippen LogP contribution in [0, 0.1) is 5.41 Å². The van der Waals surface area contributed by atoms with Gasteiger partial charge in [-0.15, -0.1) is 11.8 Å². The van der Waals surface area contributed by atoms with Crippen molar-refractivity contribution in [3.63, 3.8) is 0 Å². The fourth-order valence-electron chi connectivity index (χ4n) is 1.73. The van der Waals surface area contributed by atoms with E-state index in [9.17, 15) is 4.79 Å². The van der Waals surface area contributed by atoms with Gasteiger partial charge < -0.3 is 9.47 Å². The van der Waals surface area contributed by atoms with Crippen molar-refractivity contribution in [2.45, 2.75) is 24.3 Å². The quantitative estimate of drug-likeness (QED) is 0.585. The summed E-state index contributed by atoms with van der Waals surface area (Å²) in [6, 6.07) is 3.84. The minimum Gasteiger partial charge on any atom is -0.495 e. The summed E-state index contributed by atoms with van der Waals surface area (Å²) in [5.74, 6) is 1.56. The Bertz CT molecular complexity index is 415. The first-order valence-corrected chi connectivity index (χ1v) is 6.86. The van der Waals surface area contributed by atoms with E-state index in [4.69, 9.17) is 9.47 Å². The van der Waals surface area contributed by atoms with Crippen LogP contribution >= 0.6 is 11.8 Å². The van der Waals surface area contributed by atoms with Crippen molar-refractivity contribution < 1.29 is 14.3 Å². The number of esters is 1. The SMILES string of the molecule is COC(=O)CC1(CSc2ccc(OC)cn2)CC1. The molecule has 1 aromatic heterocycles. The van der Waals surface area contributed by atoms with Gasteiger partial charge in [0.25, 0.3) is 0 Å². The second-order valence-corrected chi connectivity index (χ2v) is 5.57. The molecular weight excluding hydrogens is 250 g/mol. The summed E-state index contributed by atoms with van der Waals surface area (Å²) in [6.07, 6.45) is 4.44. The van der Waals surface area contributed by atoms with E-state index in [1.165, 1.54) is 7.11 Å². The maximum atomic E-state index is 11.3. The first-order valence-electron chi connectivity index (χ1n) is 5.87. The number of carbonyl (C=O) groups is 1. The largest absolute Gasteiger partial charge is 0.495 e. The number of pyridine rings is 1. The fourth-order valence-corrected chi connectivity index (χ4v) is 2.86. The summed E-state index contributed by atoms with van der Waals surface area (Å²) < 4.78 is 9.79. The molecule has 1 fully saturated rings. The first kappa shape index (κ1) is 13.2. The smallest absolute Gasteiger partial charge is 0.306 e. The van der Waals surface area contributed by atoms with Crippen LogP contribution in [-0.2, 0) is 9.53 Å². The lowest BCUT2D eigenvalue weighted by molar-refractivity contribution is -0.141. The maximum Gasteiger partial charge on any atom is 0.306 e. The average Bonchev–Trinajstić information content (AvgIpc) is 3.17. The molecule has 2 rings (SSSR count). The number of ether oxygens (including phenoxy) is 2. The normalized spacial score (nSPS) is 16.1. The Morgan fingerprint density at radius 1 is 1.44 bits per heavy atom. The lowest BCUT2D eigenvalue weighted by Gasteiger charge is -2.12. The van der Waals surface area contributed by atoms with Crippen molar-refractivity contribution in [2.75, 3.05) is 20.0 Å².